The third-order valence-corrected chi connectivity index (χ3v) is 4.02. The summed E-state index contributed by atoms with van der Waals surface area (Å²) in [7, 11) is 0. The number of hydrogen-bond donors (Lipinski definition) is 2. The smallest absolute Gasteiger partial charge is 0.254 e. The van der Waals surface area contributed by atoms with E-state index in [1.165, 1.54) is 6.26 Å². The van der Waals surface area contributed by atoms with Gasteiger partial charge in [0.05, 0.1) is 10.6 Å². The fraction of sp³-hybridized carbons (Fsp3) is 0.467. The molecule has 0 fully saturated rings. The lowest BCUT2D eigenvalue weighted by Crippen LogP contribution is -2.34. The second kappa shape index (κ2) is 6.41. The maximum Gasteiger partial charge on any atom is 0.254 e. The quantitative estimate of drug-likeness (QED) is 0.860. The summed E-state index contributed by atoms with van der Waals surface area (Å²) in [6.45, 7) is 6.54. The van der Waals surface area contributed by atoms with Gasteiger partial charge in [0.15, 0.2) is 5.76 Å². The number of thiazole rings is 1. The van der Waals surface area contributed by atoms with Gasteiger partial charge in [-0.1, -0.05) is 13.8 Å². The van der Waals surface area contributed by atoms with E-state index < -0.39 is 0 Å². The van der Waals surface area contributed by atoms with E-state index in [4.69, 9.17) is 9.52 Å². The zero-order valence-electron chi connectivity index (χ0n) is 12.5. The molecule has 2 aromatic heterocycles. The number of nitrogens with zero attached hydrogens (tertiary/aromatic N) is 1. The van der Waals surface area contributed by atoms with Gasteiger partial charge in [-0.15, -0.1) is 11.3 Å². The molecule has 0 aliphatic heterocycles. The molecule has 2 rings (SSSR count). The Kier molecular flexibility index (Phi) is 4.80. The van der Waals surface area contributed by atoms with Gasteiger partial charge in [0, 0.05) is 18.5 Å². The summed E-state index contributed by atoms with van der Waals surface area (Å²) in [5, 5.41) is 14.7. The number of aliphatic hydroxyl groups excluding tert-OH is 1. The topological polar surface area (TPSA) is 75.4 Å². The molecule has 2 N–H and O–H groups in total. The van der Waals surface area contributed by atoms with E-state index in [9.17, 15) is 4.79 Å². The molecular formula is C15H20N2O3S. The van der Waals surface area contributed by atoms with Gasteiger partial charge in [-0.2, -0.15) is 0 Å². The van der Waals surface area contributed by atoms with Crippen molar-refractivity contribution >= 4 is 17.2 Å². The third kappa shape index (κ3) is 4.15. The van der Waals surface area contributed by atoms with E-state index in [-0.39, 0.29) is 17.9 Å². The summed E-state index contributed by atoms with van der Waals surface area (Å²) in [5.74, 6) is 0.419. The summed E-state index contributed by atoms with van der Waals surface area (Å²) < 4.78 is 5.41. The van der Waals surface area contributed by atoms with Crippen LogP contribution in [-0.2, 0) is 0 Å². The van der Waals surface area contributed by atoms with Gasteiger partial charge in [-0.25, -0.2) is 4.98 Å². The van der Waals surface area contributed by atoms with Gasteiger partial charge >= 0.3 is 0 Å². The number of hydrogen-bond acceptors (Lipinski definition) is 5. The first kappa shape index (κ1) is 15.7. The number of aliphatic hydroxyl groups is 1. The summed E-state index contributed by atoms with van der Waals surface area (Å²) in [6, 6.07) is 1.70. The first-order chi connectivity index (χ1) is 9.91. The van der Waals surface area contributed by atoms with Crippen LogP contribution in [0.4, 0.5) is 0 Å². The first-order valence-corrected chi connectivity index (χ1v) is 7.69. The first-order valence-electron chi connectivity index (χ1n) is 6.81. The van der Waals surface area contributed by atoms with Crippen molar-refractivity contribution in [1.82, 2.24) is 10.3 Å². The largest absolute Gasteiger partial charge is 0.462 e. The van der Waals surface area contributed by atoms with Gasteiger partial charge in [0.25, 0.3) is 5.91 Å². The molecule has 0 saturated carbocycles. The lowest BCUT2D eigenvalue weighted by atomic mass is 9.90. The molecule has 5 nitrogen and oxygen atoms in total. The Bertz CT molecular complexity index is 616. The maximum atomic E-state index is 12.1. The van der Waals surface area contributed by atoms with Crippen LogP contribution in [0, 0.1) is 12.3 Å². The minimum absolute atomic E-state index is 0.113. The third-order valence-electron chi connectivity index (χ3n) is 3.25. The molecule has 2 aromatic rings. The molecule has 114 valence electrons. The number of aromatic nitrogens is 1. The molecule has 0 aromatic carbocycles. The van der Waals surface area contributed by atoms with Crippen molar-refractivity contribution in [2.45, 2.75) is 27.2 Å². The average molecular weight is 308 g/mol. The maximum absolute atomic E-state index is 12.1. The monoisotopic (exact) mass is 308 g/mol. The van der Waals surface area contributed by atoms with Crippen molar-refractivity contribution in [3.05, 3.63) is 28.3 Å². The minimum atomic E-state index is -0.178. The summed E-state index contributed by atoms with van der Waals surface area (Å²) >= 11 is 1.54. The van der Waals surface area contributed by atoms with Gasteiger partial charge in [-0.05, 0) is 24.8 Å². The number of carbonyl (C=O) groups is 1. The molecule has 0 spiro atoms. The Hall–Kier alpha value is -1.66. The van der Waals surface area contributed by atoms with E-state index in [1.54, 1.807) is 17.4 Å². The van der Waals surface area contributed by atoms with Crippen LogP contribution >= 0.6 is 11.3 Å². The molecule has 0 atom stereocenters. The van der Waals surface area contributed by atoms with Crippen LogP contribution in [0.25, 0.3) is 11.5 Å². The molecule has 21 heavy (non-hydrogen) atoms. The highest BCUT2D eigenvalue weighted by Gasteiger charge is 2.19. The average Bonchev–Trinajstić information content (AvgIpc) is 3.04. The Morgan fingerprint density at radius 1 is 1.52 bits per heavy atom. The van der Waals surface area contributed by atoms with E-state index in [0.29, 0.717) is 24.3 Å². The van der Waals surface area contributed by atoms with Crippen molar-refractivity contribution in [2.75, 3.05) is 13.2 Å². The van der Waals surface area contributed by atoms with Gasteiger partial charge in [-0.3, -0.25) is 4.79 Å². The Morgan fingerprint density at radius 2 is 2.29 bits per heavy atom. The normalized spacial score (nSPS) is 11.6. The number of amides is 1. The molecule has 0 radical (unpaired) electrons. The zero-order valence-corrected chi connectivity index (χ0v) is 13.3. The fourth-order valence-corrected chi connectivity index (χ4v) is 2.48. The Labute approximate surface area is 128 Å². The highest BCUT2D eigenvalue weighted by atomic mass is 32.1. The van der Waals surface area contributed by atoms with E-state index >= 15 is 0 Å². The van der Waals surface area contributed by atoms with Crippen LogP contribution in [0.2, 0.25) is 0 Å². The SMILES string of the molecule is Cc1nc(-c2cc(C(=O)NCC(C)(C)CCO)co2)cs1. The molecular weight excluding hydrogens is 288 g/mol. The van der Waals surface area contributed by atoms with Crippen molar-refractivity contribution in [3.63, 3.8) is 0 Å². The van der Waals surface area contributed by atoms with Gasteiger partial charge in [0.1, 0.15) is 12.0 Å². The van der Waals surface area contributed by atoms with Crippen molar-refractivity contribution in [1.29, 1.82) is 0 Å². The standard InChI is InChI=1S/C15H20N2O3S/c1-10-17-12(8-21-10)13-6-11(7-20-13)14(19)16-9-15(2,3)4-5-18/h6-8,18H,4-5,9H2,1-3H3,(H,16,19). The van der Waals surface area contributed by atoms with Crippen molar-refractivity contribution in [2.24, 2.45) is 5.41 Å². The summed E-state index contributed by atoms with van der Waals surface area (Å²) in [5.41, 5.74) is 1.09. The zero-order chi connectivity index (χ0) is 15.5. The second-order valence-corrected chi connectivity index (χ2v) is 6.83. The molecule has 0 saturated heterocycles. The number of furan rings is 1. The van der Waals surface area contributed by atoms with E-state index in [2.05, 4.69) is 10.3 Å². The van der Waals surface area contributed by atoms with Crippen molar-refractivity contribution in [3.8, 4) is 11.5 Å². The fourth-order valence-electron chi connectivity index (χ4n) is 1.88. The number of nitrogens with one attached hydrogen (secondary N) is 1. The van der Waals surface area contributed by atoms with Crippen LogP contribution in [0.3, 0.4) is 0 Å². The minimum Gasteiger partial charge on any atom is -0.462 e. The van der Waals surface area contributed by atoms with Crippen LogP contribution in [0.5, 0.6) is 0 Å². The predicted molar refractivity (Wildman–Crippen MR) is 82.4 cm³/mol. The molecule has 0 aliphatic carbocycles. The Balaban J connectivity index is 1.99. The molecule has 6 heteroatoms. The molecule has 0 aliphatic rings. The van der Waals surface area contributed by atoms with E-state index in [0.717, 1.165) is 10.7 Å². The molecule has 1 amide bonds. The Morgan fingerprint density at radius 3 is 2.90 bits per heavy atom. The predicted octanol–water partition coefficient (Wildman–Crippen LogP) is 2.85. The van der Waals surface area contributed by atoms with Crippen LogP contribution in [0.15, 0.2) is 22.1 Å². The van der Waals surface area contributed by atoms with Gasteiger partial charge in [0.2, 0.25) is 0 Å². The lowest BCUT2D eigenvalue weighted by molar-refractivity contribution is 0.0927. The van der Waals surface area contributed by atoms with Crippen LogP contribution in [0.1, 0.15) is 35.6 Å². The number of rotatable bonds is 6. The van der Waals surface area contributed by atoms with Gasteiger partial charge < -0.3 is 14.8 Å². The number of aryl methyl sites for hydroxylation is 1. The van der Waals surface area contributed by atoms with Crippen molar-refractivity contribution < 1.29 is 14.3 Å². The summed E-state index contributed by atoms with van der Waals surface area (Å²) in [6.07, 6.45) is 2.08. The molecule has 0 bridgehead atoms. The highest BCUT2D eigenvalue weighted by molar-refractivity contribution is 7.09. The number of carbonyl (C=O) groups excluding carboxylic acids is 1. The van der Waals surface area contributed by atoms with Crippen LogP contribution in [-0.4, -0.2) is 29.1 Å². The molecule has 2 heterocycles. The molecule has 0 unspecified atom stereocenters. The summed E-state index contributed by atoms with van der Waals surface area (Å²) in [4.78, 5) is 16.4. The lowest BCUT2D eigenvalue weighted by Gasteiger charge is -2.23. The van der Waals surface area contributed by atoms with E-state index in [1.807, 2.05) is 26.2 Å². The second-order valence-electron chi connectivity index (χ2n) is 5.77. The highest BCUT2D eigenvalue weighted by Crippen LogP contribution is 2.24. The van der Waals surface area contributed by atoms with Crippen LogP contribution < -0.4 is 5.32 Å².